The number of nitrogens with one attached hydrogen (secondary N) is 1. The number of methoxy groups -OCH3 is 1. The van der Waals surface area contributed by atoms with Crippen LogP contribution in [0.25, 0.3) is 0 Å². The molecule has 7 nitrogen and oxygen atoms in total. The molecular formula is C6H9N4O3. The Morgan fingerprint density at radius 1 is 1.69 bits per heavy atom. The number of anilines is 1. The van der Waals surface area contributed by atoms with Crippen LogP contribution >= 0.6 is 0 Å². The Balaban J connectivity index is 2.50. The summed E-state index contributed by atoms with van der Waals surface area (Å²) >= 11 is 0. The highest BCUT2D eigenvalue weighted by Crippen LogP contribution is 2.05. The number of hydrogen-bond acceptors (Lipinski definition) is 7. The van der Waals surface area contributed by atoms with Crippen molar-refractivity contribution < 1.29 is 14.6 Å². The van der Waals surface area contributed by atoms with Gasteiger partial charge in [-0.2, -0.15) is 0 Å². The molecule has 0 fully saturated rings. The summed E-state index contributed by atoms with van der Waals surface area (Å²) in [6.07, 6.45) is 2.19. The summed E-state index contributed by atoms with van der Waals surface area (Å²) in [5, 5.41) is 20.7. The van der Waals surface area contributed by atoms with Crippen molar-refractivity contribution in [2.75, 3.05) is 25.6 Å². The third-order valence-corrected chi connectivity index (χ3v) is 1.24. The zero-order chi connectivity index (χ0) is 9.52. The van der Waals surface area contributed by atoms with Crippen LogP contribution < -0.4 is 5.32 Å². The third kappa shape index (κ3) is 2.71. The lowest BCUT2D eigenvalue weighted by atomic mass is 10.4. The van der Waals surface area contributed by atoms with E-state index < -0.39 is 0 Å². The van der Waals surface area contributed by atoms with Gasteiger partial charge in [-0.1, -0.05) is 5.16 Å². The number of hydrogen-bond donors (Lipinski definition) is 2. The van der Waals surface area contributed by atoms with Crippen LogP contribution in [0.15, 0.2) is 9.78 Å². The second kappa shape index (κ2) is 5.09. The molecule has 0 bridgehead atoms. The summed E-state index contributed by atoms with van der Waals surface area (Å²) in [4.78, 5) is 0. The molecule has 0 aromatic carbocycles. The smallest absolute Gasteiger partial charge is 0.200 e. The number of nitrogens with zero attached hydrogens (tertiary/aromatic N) is 3. The Labute approximate surface area is 74.3 Å². The molecule has 0 spiro atoms. The second-order valence-electron chi connectivity index (χ2n) is 2.09. The molecule has 1 aromatic heterocycles. The molecule has 2 N–H and O–H groups in total. The predicted molar refractivity (Wildman–Crippen MR) is 43.0 cm³/mol. The molecule has 0 saturated carbocycles. The van der Waals surface area contributed by atoms with Crippen LogP contribution in [0.4, 0.5) is 5.82 Å². The van der Waals surface area contributed by atoms with E-state index in [2.05, 4.69) is 31.6 Å². The Bertz CT molecular complexity index is 273. The van der Waals surface area contributed by atoms with Gasteiger partial charge >= 0.3 is 0 Å². The summed E-state index contributed by atoms with van der Waals surface area (Å²) in [6.45, 7) is 1.09. The van der Waals surface area contributed by atoms with Crippen LogP contribution in [-0.4, -0.2) is 42.0 Å². The summed E-state index contributed by atoms with van der Waals surface area (Å²) in [5.74, 6) is 0.370. The lowest BCUT2D eigenvalue weighted by Gasteiger charge is -1.99. The first-order valence-corrected chi connectivity index (χ1v) is 3.54. The molecule has 0 saturated heterocycles. The lowest BCUT2D eigenvalue weighted by molar-refractivity contribution is 0.210. The fraction of sp³-hybridized carbons (Fsp3) is 0.500. The maximum absolute atomic E-state index is 8.19. The molecule has 1 rings (SSSR count). The first-order chi connectivity index (χ1) is 6.38. The molecule has 1 aromatic rings. The first kappa shape index (κ1) is 9.46. The standard InChI is InChI=1S/C6H9N4O3/c1-12-3-2-7-6-5(4-8-11)9-13-10-6/h11H,2-3H2,1H3,(H,7,10). The Morgan fingerprint density at radius 3 is 3.23 bits per heavy atom. The number of aromatic nitrogens is 2. The third-order valence-electron chi connectivity index (χ3n) is 1.24. The topological polar surface area (TPSA) is 92.8 Å². The summed E-state index contributed by atoms with van der Waals surface area (Å²) in [7, 11) is 1.59. The monoisotopic (exact) mass is 185 g/mol. The zero-order valence-electron chi connectivity index (χ0n) is 7.02. The molecule has 1 heterocycles. The summed E-state index contributed by atoms with van der Waals surface area (Å²) < 4.78 is 9.20. The maximum atomic E-state index is 8.19. The highest BCUT2D eigenvalue weighted by atomic mass is 16.6. The van der Waals surface area contributed by atoms with Crippen molar-refractivity contribution in [1.82, 2.24) is 10.3 Å². The zero-order valence-corrected chi connectivity index (χ0v) is 7.02. The molecule has 0 amide bonds. The van der Waals surface area contributed by atoms with Crippen LogP contribution in [-0.2, 0) is 4.74 Å². The minimum atomic E-state index is 0.221. The summed E-state index contributed by atoms with van der Waals surface area (Å²) in [6, 6.07) is 0. The first-order valence-electron chi connectivity index (χ1n) is 3.54. The highest BCUT2D eigenvalue weighted by Gasteiger charge is 2.06. The van der Waals surface area contributed by atoms with Gasteiger partial charge in [-0.15, -0.1) is 0 Å². The van der Waals surface area contributed by atoms with Gasteiger partial charge in [0.1, 0.15) is 0 Å². The van der Waals surface area contributed by atoms with Crippen molar-refractivity contribution in [3.8, 4) is 0 Å². The van der Waals surface area contributed by atoms with E-state index in [4.69, 9.17) is 9.94 Å². The van der Waals surface area contributed by atoms with Crippen molar-refractivity contribution in [2.24, 2.45) is 5.16 Å². The van der Waals surface area contributed by atoms with E-state index in [0.29, 0.717) is 19.0 Å². The van der Waals surface area contributed by atoms with Crippen molar-refractivity contribution in [2.45, 2.75) is 0 Å². The second-order valence-corrected chi connectivity index (χ2v) is 2.09. The van der Waals surface area contributed by atoms with Crippen LogP contribution in [0.3, 0.4) is 0 Å². The molecule has 13 heavy (non-hydrogen) atoms. The molecule has 1 radical (unpaired) electrons. The Hall–Kier alpha value is -1.63. The predicted octanol–water partition coefficient (Wildman–Crippen LogP) is -0.187. The number of rotatable bonds is 5. The van der Waals surface area contributed by atoms with Gasteiger partial charge in [0.05, 0.1) is 6.61 Å². The average molecular weight is 185 g/mol. The van der Waals surface area contributed by atoms with Gasteiger partial charge in [0.15, 0.2) is 11.9 Å². The SMILES string of the molecule is COCCNc1nonc1/[C]=N/O. The fourth-order valence-corrected chi connectivity index (χ4v) is 0.697. The van der Waals surface area contributed by atoms with E-state index in [1.807, 2.05) is 0 Å². The molecule has 0 aliphatic heterocycles. The highest BCUT2D eigenvalue weighted by molar-refractivity contribution is 5.82. The lowest BCUT2D eigenvalue weighted by Crippen LogP contribution is -2.09. The van der Waals surface area contributed by atoms with Crippen molar-refractivity contribution >= 4 is 12.0 Å². The summed E-state index contributed by atoms with van der Waals surface area (Å²) in [5.41, 5.74) is 0.221. The normalized spacial score (nSPS) is 10.8. The van der Waals surface area contributed by atoms with Gasteiger partial charge in [-0.25, -0.2) is 4.63 Å². The van der Waals surface area contributed by atoms with Crippen LogP contribution in [0.5, 0.6) is 0 Å². The van der Waals surface area contributed by atoms with Gasteiger partial charge in [0.25, 0.3) is 0 Å². The Kier molecular flexibility index (Phi) is 3.71. The van der Waals surface area contributed by atoms with Crippen molar-refractivity contribution in [1.29, 1.82) is 0 Å². The minimum Gasteiger partial charge on any atom is -0.410 e. The van der Waals surface area contributed by atoms with Crippen molar-refractivity contribution in [3.63, 3.8) is 0 Å². The van der Waals surface area contributed by atoms with Gasteiger partial charge in [-0.05, 0) is 10.3 Å². The number of ether oxygens (including phenoxy) is 1. The van der Waals surface area contributed by atoms with E-state index in [0.717, 1.165) is 0 Å². The van der Waals surface area contributed by atoms with Crippen molar-refractivity contribution in [3.05, 3.63) is 5.69 Å². The molecule has 0 aliphatic carbocycles. The molecule has 0 atom stereocenters. The molecular weight excluding hydrogens is 176 g/mol. The van der Waals surface area contributed by atoms with E-state index in [1.165, 1.54) is 0 Å². The van der Waals surface area contributed by atoms with Gasteiger partial charge in [0.2, 0.25) is 5.82 Å². The molecule has 71 valence electrons. The van der Waals surface area contributed by atoms with E-state index in [-0.39, 0.29) is 5.69 Å². The molecule has 0 unspecified atom stereocenters. The van der Waals surface area contributed by atoms with Gasteiger partial charge < -0.3 is 15.3 Å². The van der Waals surface area contributed by atoms with E-state index >= 15 is 0 Å². The fourth-order valence-electron chi connectivity index (χ4n) is 0.697. The van der Waals surface area contributed by atoms with Gasteiger partial charge in [-0.3, -0.25) is 0 Å². The van der Waals surface area contributed by atoms with Gasteiger partial charge in [0, 0.05) is 13.7 Å². The van der Waals surface area contributed by atoms with Crippen LogP contribution in [0.1, 0.15) is 5.69 Å². The minimum absolute atomic E-state index is 0.221. The Morgan fingerprint density at radius 2 is 2.54 bits per heavy atom. The van der Waals surface area contributed by atoms with E-state index in [9.17, 15) is 0 Å². The van der Waals surface area contributed by atoms with Crippen LogP contribution in [0.2, 0.25) is 0 Å². The maximum Gasteiger partial charge on any atom is 0.200 e. The molecule has 0 aliphatic rings. The van der Waals surface area contributed by atoms with Crippen LogP contribution in [0, 0.1) is 0 Å². The average Bonchev–Trinajstić information content (AvgIpc) is 2.54. The van der Waals surface area contributed by atoms with E-state index in [1.54, 1.807) is 7.11 Å². The molecule has 7 heteroatoms. The largest absolute Gasteiger partial charge is 0.410 e. The quantitative estimate of drug-likeness (QED) is 0.286.